The van der Waals surface area contributed by atoms with Crippen molar-refractivity contribution in [2.45, 2.75) is 47.1 Å². The molecule has 6 heteroatoms. The summed E-state index contributed by atoms with van der Waals surface area (Å²) >= 11 is 0. The molecule has 1 unspecified atom stereocenters. The zero-order valence-corrected chi connectivity index (χ0v) is 18.4. The molecular formula is C22H30N2O3S. The zero-order valence-electron chi connectivity index (χ0n) is 17.5. The first kappa shape index (κ1) is 22.0. The van der Waals surface area contributed by atoms with Crippen LogP contribution in [0.4, 0.5) is 5.69 Å². The zero-order chi connectivity index (χ0) is 21.1. The molecule has 0 aromatic heterocycles. The highest BCUT2D eigenvalue weighted by atomic mass is 32.2. The monoisotopic (exact) mass is 402 g/mol. The summed E-state index contributed by atoms with van der Waals surface area (Å²) in [4.78, 5) is 12.8. The Balaban J connectivity index is 2.29. The lowest BCUT2D eigenvalue weighted by molar-refractivity contribution is -0.120. The molecule has 0 saturated carbocycles. The van der Waals surface area contributed by atoms with Crippen molar-refractivity contribution < 1.29 is 13.2 Å². The van der Waals surface area contributed by atoms with E-state index < -0.39 is 10.0 Å². The van der Waals surface area contributed by atoms with Crippen LogP contribution in [0.2, 0.25) is 0 Å². The molecule has 5 nitrogen and oxygen atoms in total. The molecule has 2 rings (SSSR count). The van der Waals surface area contributed by atoms with Gasteiger partial charge in [0.2, 0.25) is 15.9 Å². The lowest BCUT2D eigenvalue weighted by atomic mass is 9.97. The molecule has 2 aromatic carbocycles. The molecule has 0 bridgehead atoms. The highest BCUT2D eigenvalue weighted by Gasteiger charge is 2.25. The second kappa shape index (κ2) is 8.78. The first-order valence-corrected chi connectivity index (χ1v) is 11.3. The average molecular weight is 403 g/mol. The van der Waals surface area contributed by atoms with E-state index in [1.165, 1.54) is 9.87 Å². The fourth-order valence-electron chi connectivity index (χ4n) is 3.55. The third-order valence-corrected chi connectivity index (χ3v) is 6.03. The van der Waals surface area contributed by atoms with Gasteiger partial charge in [-0.3, -0.25) is 9.10 Å². The molecule has 0 spiro atoms. The SMILES string of the molecule is CCC(NC(=O)CN(c1c(C)cccc1C)S(C)(=O)=O)c1ccc(C)cc1C. The van der Waals surface area contributed by atoms with E-state index in [1.54, 1.807) is 0 Å². The molecule has 28 heavy (non-hydrogen) atoms. The van der Waals surface area contributed by atoms with E-state index in [-0.39, 0.29) is 18.5 Å². The molecular weight excluding hydrogens is 372 g/mol. The maximum Gasteiger partial charge on any atom is 0.241 e. The van der Waals surface area contributed by atoms with Crippen molar-refractivity contribution in [2.24, 2.45) is 0 Å². The molecule has 1 N–H and O–H groups in total. The number of carbonyl (C=O) groups excluding carboxylic acids is 1. The Morgan fingerprint density at radius 3 is 2.14 bits per heavy atom. The Hall–Kier alpha value is -2.34. The van der Waals surface area contributed by atoms with E-state index in [1.807, 2.05) is 65.0 Å². The van der Waals surface area contributed by atoms with Crippen LogP contribution >= 0.6 is 0 Å². The Bertz CT molecular complexity index is 947. The van der Waals surface area contributed by atoms with E-state index in [0.29, 0.717) is 5.69 Å². The number of nitrogens with one attached hydrogen (secondary N) is 1. The molecule has 0 aliphatic rings. The smallest absolute Gasteiger partial charge is 0.241 e. The maximum absolute atomic E-state index is 12.8. The van der Waals surface area contributed by atoms with Crippen LogP contribution in [0.5, 0.6) is 0 Å². The van der Waals surface area contributed by atoms with Gasteiger partial charge in [-0.1, -0.05) is 48.9 Å². The number of hydrogen-bond donors (Lipinski definition) is 1. The molecule has 0 heterocycles. The van der Waals surface area contributed by atoms with Gasteiger partial charge in [0.15, 0.2) is 0 Å². The van der Waals surface area contributed by atoms with E-state index in [2.05, 4.69) is 11.4 Å². The van der Waals surface area contributed by atoms with Crippen LogP contribution in [0, 0.1) is 27.7 Å². The van der Waals surface area contributed by atoms with Crippen molar-refractivity contribution >= 4 is 21.6 Å². The minimum Gasteiger partial charge on any atom is -0.348 e. The lowest BCUT2D eigenvalue weighted by Crippen LogP contribution is -2.42. The molecule has 1 amide bonds. The second-order valence-corrected chi connectivity index (χ2v) is 9.31. The van der Waals surface area contributed by atoms with Gasteiger partial charge >= 0.3 is 0 Å². The van der Waals surface area contributed by atoms with Gasteiger partial charge in [-0.2, -0.15) is 0 Å². The van der Waals surface area contributed by atoms with Crippen molar-refractivity contribution in [1.82, 2.24) is 5.32 Å². The molecule has 2 aromatic rings. The Morgan fingerprint density at radius 1 is 1.04 bits per heavy atom. The first-order chi connectivity index (χ1) is 13.0. The highest BCUT2D eigenvalue weighted by Crippen LogP contribution is 2.27. The third-order valence-electron chi connectivity index (χ3n) is 4.92. The van der Waals surface area contributed by atoms with Crippen molar-refractivity contribution in [3.63, 3.8) is 0 Å². The molecule has 0 radical (unpaired) electrons. The number of amides is 1. The van der Waals surface area contributed by atoms with Gasteiger partial charge in [0.1, 0.15) is 6.54 Å². The number of hydrogen-bond acceptors (Lipinski definition) is 3. The molecule has 0 aliphatic carbocycles. The van der Waals surface area contributed by atoms with Gasteiger partial charge in [0.05, 0.1) is 18.0 Å². The Morgan fingerprint density at radius 2 is 1.64 bits per heavy atom. The fraction of sp³-hybridized carbons (Fsp3) is 0.409. The predicted molar refractivity (Wildman–Crippen MR) is 115 cm³/mol. The normalized spacial score (nSPS) is 12.5. The van der Waals surface area contributed by atoms with E-state index in [4.69, 9.17) is 0 Å². The van der Waals surface area contributed by atoms with E-state index in [9.17, 15) is 13.2 Å². The second-order valence-electron chi connectivity index (χ2n) is 7.40. The lowest BCUT2D eigenvalue weighted by Gasteiger charge is -2.27. The fourth-order valence-corrected chi connectivity index (χ4v) is 4.52. The third kappa shape index (κ3) is 5.13. The quantitative estimate of drug-likeness (QED) is 0.762. The summed E-state index contributed by atoms with van der Waals surface area (Å²) in [7, 11) is -3.61. The summed E-state index contributed by atoms with van der Waals surface area (Å²) in [5.41, 5.74) is 5.54. The van der Waals surface area contributed by atoms with Gasteiger partial charge in [0.25, 0.3) is 0 Å². The number of aryl methyl sites for hydroxylation is 4. The van der Waals surface area contributed by atoms with E-state index >= 15 is 0 Å². The van der Waals surface area contributed by atoms with Gasteiger partial charge in [0, 0.05) is 0 Å². The summed E-state index contributed by atoms with van der Waals surface area (Å²) in [5, 5.41) is 3.01. The number of sulfonamides is 1. The number of nitrogens with zero attached hydrogens (tertiary/aromatic N) is 1. The summed E-state index contributed by atoms with van der Waals surface area (Å²) in [6.07, 6.45) is 1.85. The van der Waals surface area contributed by atoms with Crippen LogP contribution < -0.4 is 9.62 Å². The molecule has 0 fully saturated rings. The van der Waals surface area contributed by atoms with Crippen LogP contribution in [0.1, 0.15) is 47.2 Å². The van der Waals surface area contributed by atoms with Crippen molar-refractivity contribution in [3.8, 4) is 0 Å². The number of carbonyl (C=O) groups is 1. The van der Waals surface area contributed by atoms with Gasteiger partial charge in [-0.15, -0.1) is 0 Å². The Labute approximate surface area is 168 Å². The van der Waals surface area contributed by atoms with Gasteiger partial charge in [-0.25, -0.2) is 8.42 Å². The molecule has 0 aliphatic heterocycles. The summed E-state index contributed by atoms with van der Waals surface area (Å²) in [6, 6.07) is 11.6. The number of para-hydroxylation sites is 1. The minimum atomic E-state index is -3.61. The minimum absolute atomic E-state index is 0.160. The van der Waals surface area contributed by atoms with Gasteiger partial charge < -0.3 is 5.32 Å². The Kier molecular flexibility index (Phi) is 6.88. The number of benzene rings is 2. The largest absolute Gasteiger partial charge is 0.348 e. The molecule has 152 valence electrons. The summed E-state index contributed by atoms with van der Waals surface area (Å²) in [5.74, 6) is -0.320. The van der Waals surface area contributed by atoms with Crippen molar-refractivity contribution in [1.29, 1.82) is 0 Å². The first-order valence-electron chi connectivity index (χ1n) is 9.45. The van der Waals surface area contributed by atoms with Crippen LogP contribution in [-0.2, 0) is 14.8 Å². The molecule has 1 atom stereocenters. The van der Waals surface area contributed by atoms with Gasteiger partial charge in [-0.05, 0) is 56.4 Å². The van der Waals surface area contributed by atoms with Crippen molar-refractivity contribution in [3.05, 3.63) is 64.2 Å². The molecule has 0 saturated heterocycles. The highest BCUT2D eigenvalue weighted by molar-refractivity contribution is 7.92. The number of rotatable bonds is 7. The summed E-state index contributed by atoms with van der Waals surface area (Å²) in [6.45, 7) is 9.52. The standard InChI is InChI=1S/C22H30N2O3S/c1-7-20(19-12-11-15(2)13-18(19)5)23-21(25)14-24(28(6,26)27)22-16(3)9-8-10-17(22)4/h8-13,20H,7,14H2,1-6H3,(H,23,25). The maximum atomic E-state index is 12.8. The van der Waals surface area contributed by atoms with Crippen molar-refractivity contribution in [2.75, 3.05) is 17.1 Å². The summed E-state index contributed by atoms with van der Waals surface area (Å²) < 4.78 is 26.1. The van der Waals surface area contributed by atoms with Crippen LogP contribution in [0.15, 0.2) is 36.4 Å². The van der Waals surface area contributed by atoms with Crippen LogP contribution in [0.3, 0.4) is 0 Å². The van der Waals surface area contributed by atoms with Crippen LogP contribution in [0.25, 0.3) is 0 Å². The average Bonchev–Trinajstić information content (AvgIpc) is 2.58. The topological polar surface area (TPSA) is 66.5 Å². The number of anilines is 1. The van der Waals surface area contributed by atoms with Crippen LogP contribution in [-0.4, -0.2) is 27.1 Å². The predicted octanol–water partition coefficient (Wildman–Crippen LogP) is 3.95. The van der Waals surface area contributed by atoms with E-state index in [0.717, 1.165) is 34.9 Å².